The molecule has 0 N–H and O–H groups in total. The summed E-state index contributed by atoms with van der Waals surface area (Å²) in [5, 5.41) is 0. The second-order valence-corrected chi connectivity index (χ2v) is 9.23. The highest BCUT2D eigenvalue weighted by Crippen LogP contribution is 2.30. The van der Waals surface area contributed by atoms with Crippen molar-refractivity contribution in [2.75, 3.05) is 47.4 Å². The molecule has 6 nitrogen and oxygen atoms in total. The smallest absolute Gasteiger partial charge is 0.228 e. The summed E-state index contributed by atoms with van der Waals surface area (Å²) in [6.07, 6.45) is 4.25. The Balaban J connectivity index is 1.42. The fourth-order valence-corrected chi connectivity index (χ4v) is 4.90. The number of hydrogen-bond donors (Lipinski definition) is 0. The molecule has 2 fully saturated rings. The van der Waals surface area contributed by atoms with E-state index in [4.69, 9.17) is 9.97 Å². The van der Waals surface area contributed by atoms with E-state index >= 15 is 0 Å². The second-order valence-electron chi connectivity index (χ2n) is 9.23. The third kappa shape index (κ3) is 4.49. The minimum absolute atomic E-state index is 0.238. The van der Waals surface area contributed by atoms with E-state index in [0.717, 1.165) is 74.4 Å². The summed E-state index contributed by atoms with van der Waals surface area (Å²) < 4.78 is 13.5. The Labute approximate surface area is 195 Å². The van der Waals surface area contributed by atoms with Crippen LogP contribution in [0, 0.1) is 19.7 Å². The highest BCUT2D eigenvalue weighted by molar-refractivity contribution is 5.65. The molecular weight excluding hydrogens is 415 g/mol. The summed E-state index contributed by atoms with van der Waals surface area (Å²) in [5.74, 6) is 2.54. The maximum Gasteiger partial charge on any atom is 0.228 e. The summed E-state index contributed by atoms with van der Waals surface area (Å²) in [7, 11) is 0. The number of benzene rings is 1. The average Bonchev–Trinajstić information content (AvgIpc) is 3.25. The van der Waals surface area contributed by atoms with Gasteiger partial charge in [-0.2, -0.15) is 4.98 Å². The topological polar surface area (TPSA) is 48.4 Å². The lowest BCUT2D eigenvalue weighted by molar-refractivity contribution is 0.628. The predicted octanol–water partition coefficient (Wildman–Crippen LogP) is 4.61. The molecule has 33 heavy (non-hydrogen) atoms. The molecule has 7 heteroatoms. The van der Waals surface area contributed by atoms with Gasteiger partial charge in [0.05, 0.1) is 5.69 Å². The number of rotatable bonds is 4. The first-order valence-corrected chi connectivity index (χ1v) is 11.8. The molecule has 0 spiro atoms. The number of piperazine rings is 1. The summed E-state index contributed by atoms with van der Waals surface area (Å²) >= 11 is 0. The number of nitrogens with zero attached hydrogens (tertiary/aromatic N) is 6. The fourth-order valence-electron chi connectivity index (χ4n) is 4.90. The van der Waals surface area contributed by atoms with E-state index in [0.29, 0.717) is 6.04 Å². The van der Waals surface area contributed by atoms with Gasteiger partial charge >= 0.3 is 0 Å². The van der Waals surface area contributed by atoms with E-state index in [2.05, 4.69) is 46.5 Å². The molecule has 2 saturated heterocycles. The molecule has 5 rings (SSSR count). The fraction of sp³-hybridized carbons (Fsp3) is 0.423. The highest BCUT2D eigenvalue weighted by atomic mass is 19.1. The number of aromatic nitrogens is 3. The van der Waals surface area contributed by atoms with E-state index in [1.165, 1.54) is 23.3 Å². The van der Waals surface area contributed by atoms with Gasteiger partial charge in [-0.15, -0.1) is 0 Å². The molecule has 4 heterocycles. The Morgan fingerprint density at radius 2 is 1.64 bits per heavy atom. The number of pyridine rings is 1. The number of aryl methyl sites for hydroxylation is 2. The normalized spacial score (nSPS) is 18.8. The van der Waals surface area contributed by atoms with Gasteiger partial charge in [-0.1, -0.05) is 6.07 Å². The van der Waals surface area contributed by atoms with E-state index in [1.54, 1.807) is 12.1 Å². The zero-order chi connectivity index (χ0) is 22.9. The standard InChI is InChI=1S/C26H31FN6/c1-18-15-19(2)25(28-17-18)32-13-11-31(12-14-32)24-16-23(21-6-8-22(27)9-7-21)29-26(30-24)33-10-4-5-20(33)3/h6-9,15-17,20H,4-5,10-14H2,1-3H3. The predicted molar refractivity (Wildman–Crippen MR) is 132 cm³/mol. The van der Waals surface area contributed by atoms with Crippen LogP contribution in [0.3, 0.4) is 0 Å². The van der Waals surface area contributed by atoms with Gasteiger partial charge in [0.25, 0.3) is 0 Å². The van der Waals surface area contributed by atoms with Crippen LogP contribution in [-0.4, -0.2) is 53.7 Å². The van der Waals surface area contributed by atoms with Gasteiger partial charge in [-0.3, -0.25) is 0 Å². The molecule has 172 valence electrons. The molecule has 0 radical (unpaired) electrons. The van der Waals surface area contributed by atoms with Gasteiger partial charge in [0, 0.05) is 56.6 Å². The zero-order valence-electron chi connectivity index (χ0n) is 19.6. The maximum atomic E-state index is 13.5. The molecule has 1 atom stereocenters. The molecule has 0 amide bonds. The first-order chi connectivity index (χ1) is 16.0. The van der Waals surface area contributed by atoms with Crippen molar-refractivity contribution in [1.82, 2.24) is 15.0 Å². The van der Waals surface area contributed by atoms with Gasteiger partial charge in [-0.05, 0) is 69.0 Å². The van der Waals surface area contributed by atoms with E-state index in [-0.39, 0.29) is 5.82 Å². The SMILES string of the molecule is Cc1cnc(N2CCN(c3cc(-c4ccc(F)cc4)nc(N4CCCC4C)n3)CC2)c(C)c1. The van der Waals surface area contributed by atoms with Gasteiger partial charge in [-0.25, -0.2) is 14.4 Å². The van der Waals surface area contributed by atoms with Crippen LogP contribution >= 0.6 is 0 Å². The van der Waals surface area contributed by atoms with Crippen LogP contribution in [0.2, 0.25) is 0 Å². The number of hydrogen-bond acceptors (Lipinski definition) is 6. The second kappa shape index (κ2) is 8.96. The van der Waals surface area contributed by atoms with Crippen LogP contribution in [0.4, 0.5) is 22.0 Å². The third-order valence-corrected chi connectivity index (χ3v) is 6.74. The van der Waals surface area contributed by atoms with Crippen molar-refractivity contribution in [3.63, 3.8) is 0 Å². The van der Waals surface area contributed by atoms with Crippen molar-refractivity contribution in [3.8, 4) is 11.3 Å². The van der Waals surface area contributed by atoms with E-state index < -0.39 is 0 Å². The lowest BCUT2D eigenvalue weighted by atomic mass is 10.1. The molecule has 2 aliphatic heterocycles. The minimum atomic E-state index is -0.238. The van der Waals surface area contributed by atoms with Crippen molar-refractivity contribution in [2.24, 2.45) is 0 Å². The lowest BCUT2D eigenvalue weighted by Crippen LogP contribution is -2.47. The zero-order valence-corrected chi connectivity index (χ0v) is 19.6. The van der Waals surface area contributed by atoms with Crippen LogP contribution < -0.4 is 14.7 Å². The van der Waals surface area contributed by atoms with Gasteiger partial charge < -0.3 is 14.7 Å². The summed E-state index contributed by atoms with van der Waals surface area (Å²) in [6.45, 7) is 10.9. The minimum Gasteiger partial charge on any atom is -0.353 e. The Morgan fingerprint density at radius 1 is 0.909 bits per heavy atom. The van der Waals surface area contributed by atoms with Crippen LogP contribution in [0.25, 0.3) is 11.3 Å². The summed E-state index contributed by atoms with van der Waals surface area (Å²) in [5.41, 5.74) is 4.15. The van der Waals surface area contributed by atoms with Crippen molar-refractivity contribution < 1.29 is 4.39 Å². The molecular formula is C26H31FN6. The first-order valence-electron chi connectivity index (χ1n) is 11.8. The van der Waals surface area contributed by atoms with Crippen molar-refractivity contribution in [2.45, 2.75) is 39.7 Å². The van der Waals surface area contributed by atoms with Gasteiger partial charge in [0.1, 0.15) is 17.5 Å². The quantitative estimate of drug-likeness (QED) is 0.583. The molecule has 3 aromatic rings. The molecule has 2 aliphatic rings. The summed E-state index contributed by atoms with van der Waals surface area (Å²) in [4.78, 5) is 21.5. The average molecular weight is 447 g/mol. The molecule has 2 aromatic heterocycles. The Morgan fingerprint density at radius 3 is 2.30 bits per heavy atom. The molecule has 1 aromatic carbocycles. The Hall–Kier alpha value is -3.22. The summed E-state index contributed by atoms with van der Waals surface area (Å²) in [6, 6.07) is 11.2. The van der Waals surface area contributed by atoms with Gasteiger partial charge in [0.15, 0.2) is 0 Å². The van der Waals surface area contributed by atoms with Gasteiger partial charge in [0.2, 0.25) is 5.95 Å². The van der Waals surface area contributed by atoms with Crippen molar-refractivity contribution in [1.29, 1.82) is 0 Å². The van der Waals surface area contributed by atoms with Crippen LogP contribution in [-0.2, 0) is 0 Å². The monoisotopic (exact) mass is 446 g/mol. The Kier molecular flexibility index (Phi) is 5.87. The number of anilines is 3. The largest absolute Gasteiger partial charge is 0.353 e. The van der Waals surface area contributed by atoms with Crippen molar-refractivity contribution >= 4 is 17.6 Å². The first kappa shape index (κ1) is 21.6. The molecule has 0 aliphatic carbocycles. The van der Waals surface area contributed by atoms with E-state index in [1.807, 2.05) is 12.3 Å². The molecule has 0 bridgehead atoms. The number of halogens is 1. The highest BCUT2D eigenvalue weighted by Gasteiger charge is 2.26. The molecule has 1 unspecified atom stereocenters. The van der Waals surface area contributed by atoms with Crippen LogP contribution in [0.1, 0.15) is 30.9 Å². The van der Waals surface area contributed by atoms with Crippen LogP contribution in [0.15, 0.2) is 42.6 Å². The lowest BCUT2D eigenvalue weighted by Gasteiger charge is -2.37. The third-order valence-electron chi connectivity index (χ3n) is 6.74. The Bertz CT molecular complexity index is 1120. The maximum absolute atomic E-state index is 13.5. The van der Waals surface area contributed by atoms with E-state index in [9.17, 15) is 4.39 Å². The van der Waals surface area contributed by atoms with Crippen LogP contribution in [0.5, 0.6) is 0 Å². The van der Waals surface area contributed by atoms with Crippen molar-refractivity contribution in [3.05, 3.63) is 59.5 Å². The molecule has 0 saturated carbocycles.